The van der Waals surface area contributed by atoms with E-state index in [0.29, 0.717) is 17.9 Å². The Bertz CT molecular complexity index is 743. The molecule has 2 rings (SSSR count). The largest absolute Gasteiger partial charge is 0.494 e. The van der Waals surface area contributed by atoms with E-state index in [4.69, 9.17) is 4.74 Å². The molecule has 0 fully saturated rings. The molecule has 0 spiro atoms. The number of nitrogens with one attached hydrogen (secondary N) is 1. The first-order valence-corrected chi connectivity index (χ1v) is 10.2. The van der Waals surface area contributed by atoms with Crippen molar-refractivity contribution in [2.45, 2.75) is 22.8 Å². The number of hydrogen-bond acceptors (Lipinski definition) is 5. The Morgan fingerprint density at radius 1 is 1.12 bits per heavy atom. The summed E-state index contributed by atoms with van der Waals surface area (Å²) in [4.78, 5) is 1.22. The molecule has 0 aliphatic rings. The molecule has 2 N–H and O–H groups in total. The second kappa shape index (κ2) is 8.53. The average Bonchev–Trinajstić information content (AvgIpc) is 2.60. The standard InChI is InChI=1S/C17H21NO4S2/c1-3-22-14-6-10-16(11-7-14)24(20,21)18-12-17(19)13-4-8-15(23-2)9-5-13/h4-11,17-19H,3,12H2,1-2H3. The van der Waals surface area contributed by atoms with Crippen molar-refractivity contribution >= 4 is 21.8 Å². The molecular weight excluding hydrogens is 346 g/mol. The molecule has 24 heavy (non-hydrogen) atoms. The van der Waals surface area contributed by atoms with Gasteiger partial charge in [-0.1, -0.05) is 12.1 Å². The summed E-state index contributed by atoms with van der Waals surface area (Å²) in [6.45, 7) is 2.29. The first-order chi connectivity index (χ1) is 11.5. The molecule has 0 aliphatic heterocycles. The van der Waals surface area contributed by atoms with Gasteiger partial charge in [0.1, 0.15) is 5.75 Å². The van der Waals surface area contributed by atoms with E-state index in [1.54, 1.807) is 36.0 Å². The van der Waals surface area contributed by atoms with E-state index in [1.165, 1.54) is 12.1 Å². The lowest BCUT2D eigenvalue weighted by molar-refractivity contribution is 0.182. The minimum absolute atomic E-state index is 0.0891. The SMILES string of the molecule is CCOc1ccc(S(=O)(=O)NCC(O)c2ccc(SC)cc2)cc1. The van der Waals surface area contributed by atoms with Crippen LogP contribution in [-0.2, 0) is 10.0 Å². The first-order valence-electron chi connectivity index (χ1n) is 7.51. The van der Waals surface area contributed by atoms with Crippen LogP contribution in [0.25, 0.3) is 0 Å². The number of aliphatic hydroxyl groups excluding tert-OH is 1. The molecular formula is C17H21NO4S2. The smallest absolute Gasteiger partial charge is 0.240 e. The third kappa shape index (κ3) is 4.98. The van der Waals surface area contributed by atoms with Gasteiger partial charge in [0.2, 0.25) is 10.0 Å². The molecule has 2 aromatic rings. The number of sulfonamides is 1. The lowest BCUT2D eigenvalue weighted by atomic mass is 10.1. The Kier molecular flexibility index (Phi) is 6.68. The van der Waals surface area contributed by atoms with Crippen LogP contribution in [0.4, 0.5) is 0 Å². The number of aliphatic hydroxyl groups is 1. The van der Waals surface area contributed by atoms with Crippen molar-refractivity contribution in [2.24, 2.45) is 0 Å². The third-order valence-electron chi connectivity index (χ3n) is 3.41. The van der Waals surface area contributed by atoms with Gasteiger partial charge in [-0.15, -0.1) is 11.8 Å². The molecule has 5 nitrogen and oxygen atoms in total. The van der Waals surface area contributed by atoms with Crippen LogP contribution >= 0.6 is 11.8 Å². The topological polar surface area (TPSA) is 75.6 Å². The summed E-state index contributed by atoms with van der Waals surface area (Å²) in [6, 6.07) is 13.5. The van der Waals surface area contributed by atoms with E-state index in [0.717, 1.165) is 4.90 Å². The Morgan fingerprint density at radius 2 is 1.75 bits per heavy atom. The van der Waals surface area contributed by atoms with E-state index < -0.39 is 16.1 Å². The molecule has 0 bridgehead atoms. The van der Waals surface area contributed by atoms with Crippen LogP contribution in [0.3, 0.4) is 0 Å². The summed E-state index contributed by atoms with van der Waals surface area (Å²) >= 11 is 1.61. The van der Waals surface area contributed by atoms with Crippen molar-refractivity contribution in [1.29, 1.82) is 0 Å². The summed E-state index contributed by atoms with van der Waals surface area (Å²) in [5, 5.41) is 10.2. The zero-order chi connectivity index (χ0) is 17.6. The van der Waals surface area contributed by atoms with Gasteiger partial charge in [0.25, 0.3) is 0 Å². The summed E-state index contributed by atoms with van der Waals surface area (Å²) in [5.74, 6) is 0.616. The van der Waals surface area contributed by atoms with Crippen LogP contribution in [0.2, 0.25) is 0 Å². The van der Waals surface area contributed by atoms with Crippen molar-refractivity contribution < 1.29 is 18.3 Å². The van der Waals surface area contributed by atoms with E-state index in [-0.39, 0.29) is 11.4 Å². The molecule has 0 amide bonds. The summed E-state index contributed by atoms with van der Waals surface area (Å²) in [7, 11) is -3.68. The molecule has 2 aromatic carbocycles. The molecule has 1 unspecified atom stereocenters. The fraction of sp³-hybridized carbons (Fsp3) is 0.294. The first kappa shape index (κ1) is 18.8. The van der Waals surface area contributed by atoms with Crippen molar-refractivity contribution in [3.05, 3.63) is 54.1 Å². The fourth-order valence-corrected chi connectivity index (χ4v) is 3.54. The maximum absolute atomic E-state index is 12.3. The monoisotopic (exact) mass is 367 g/mol. The number of hydrogen-bond donors (Lipinski definition) is 2. The lowest BCUT2D eigenvalue weighted by Crippen LogP contribution is -2.28. The summed E-state index contributed by atoms with van der Waals surface area (Å²) < 4.78 is 32.3. The number of rotatable bonds is 8. The van der Waals surface area contributed by atoms with Crippen molar-refractivity contribution in [3.63, 3.8) is 0 Å². The van der Waals surface area contributed by atoms with Gasteiger partial charge in [-0.05, 0) is 55.1 Å². The van der Waals surface area contributed by atoms with Crippen molar-refractivity contribution in [2.75, 3.05) is 19.4 Å². The summed E-state index contributed by atoms with van der Waals surface area (Å²) in [5.41, 5.74) is 0.669. The van der Waals surface area contributed by atoms with Crippen LogP contribution in [-0.4, -0.2) is 32.9 Å². The van der Waals surface area contributed by atoms with E-state index >= 15 is 0 Å². The van der Waals surface area contributed by atoms with Crippen LogP contribution in [0.15, 0.2) is 58.3 Å². The quantitative estimate of drug-likeness (QED) is 0.702. The fourth-order valence-electron chi connectivity index (χ4n) is 2.10. The average molecular weight is 367 g/mol. The van der Waals surface area contributed by atoms with Gasteiger partial charge in [0.05, 0.1) is 17.6 Å². The molecule has 0 radical (unpaired) electrons. The third-order valence-corrected chi connectivity index (χ3v) is 5.60. The lowest BCUT2D eigenvalue weighted by Gasteiger charge is -2.13. The van der Waals surface area contributed by atoms with Gasteiger partial charge in [-0.25, -0.2) is 13.1 Å². The maximum Gasteiger partial charge on any atom is 0.240 e. The molecule has 0 saturated carbocycles. The van der Waals surface area contributed by atoms with E-state index in [2.05, 4.69) is 4.72 Å². The van der Waals surface area contributed by atoms with Gasteiger partial charge >= 0.3 is 0 Å². The van der Waals surface area contributed by atoms with Gasteiger partial charge in [-0.3, -0.25) is 0 Å². The number of thioether (sulfide) groups is 1. The molecule has 0 heterocycles. The highest BCUT2D eigenvalue weighted by Crippen LogP contribution is 2.20. The minimum atomic E-state index is -3.68. The zero-order valence-corrected chi connectivity index (χ0v) is 15.2. The van der Waals surface area contributed by atoms with Gasteiger partial charge in [-0.2, -0.15) is 0 Å². The molecule has 0 saturated heterocycles. The van der Waals surface area contributed by atoms with Gasteiger partial charge < -0.3 is 9.84 Å². The normalized spacial score (nSPS) is 12.8. The van der Waals surface area contributed by atoms with E-state index in [1.807, 2.05) is 25.3 Å². The number of ether oxygens (including phenoxy) is 1. The second-order valence-corrected chi connectivity index (χ2v) is 7.69. The Balaban J connectivity index is 2.00. The molecule has 0 aliphatic carbocycles. The Morgan fingerprint density at radius 3 is 2.29 bits per heavy atom. The van der Waals surface area contributed by atoms with Crippen LogP contribution < -0.4 is 9.46 Å². The van der Waals surface area contributed by atoms with Gasteiger partial charge in [0.15, 0.2) is 0 Å². The van der Waals surface area contributed by atoms with Gasteiger partial charge in [0, 0.05) is 11.4 Å². The van der Waals surface area contributed by atoms with E-state index in [9.17, 15) is 13.5 Å². The van der Waals surface area contributed by atoms with Crippen LogP contribution in [0.1, 0.15) is 18.6 Å². The molecule has 1 atom stereocenters. The highest BCUT2D eigenvalue weighted by molar-refractivity contribution is 7.98. The number of benzene rings is 2. The predicted octanol–water partition coefficient (Wildman–Crippen LogP) is 2.82. The highest BCUT2D eigenvalue weighted by atomic mass is 32.2. The zero-order valence-electron chi connectivity index (χ0n) is 13.6. The maximum atomic E-state index is 12.3. The van der Waals surface area contributed by atoms with Crippen molar-refractivity contribution in [1.82, 2.24) is 4.72 Å². The second-order valence-electron chi connectivity index (χ2n) is 5.05. The minimum Gasteiger partial charge on any atom is -0.494 e. The highest BCUT2D eigenvalue weighted by Gasteiger charge is 2.16. The van der Waals surface area contributed by atoms with Crippen LogP contribution in [0, 0.1) is 0 Å². The van der Waals surface area contributed by atoms with Crippen molar-refractivity contribution in [3.8, 4) is 5.75 Å². The Hall–Kier alpha value is -1.54. The summed E-state index contributed by atoms with van der Waals surface area (Å²) in [6.07, 6.45) is 1.06. The molecule has 130 valence electrons. The molecule has 7 heteroatoms. The van der Waals surface area contributed by atoms with Crippen LogP contribution in [0.5, 0.6) is 5.75 Å². The molecule has 0 aromatic heterocycles. The Labute approximate surface area is 147 Å². The predicted molar refractivity (Wildman–Crippen MR) is 96.0 cm³/mol.